The lowest BCUT2D eigenvalue weighted by atomic mass is 10.1. The van der Waals surface area contributed by atoms with Crippen molar-refractivity contribution in [2.45, 2.75) is 25.2 Å². The van der Waals surface area contributed by atoms with E-state index >= 15 is 0 Å². The molecule has 8 heteroatoms. The van der Waals surface area contributed by atoms with Gasteiger partial charge in [-0.15, -0.1) is 0 Å². The summed E-state index contributed by atoms with van der Waals surface area (Å²) in [5.74, 6) is -2.79. The number of nitrogens with one attached hydrogen (secondary N) is 1. The van der Waals surface area contributed by atoms with Crippen LogP contribution < -0.4 is 5.32 Å². The van der Waals surface area contributed by atoms with Crippen LogP contribution in [0.15, 0.2) is 24.3 Å². The minimum atomic E-state index is -4.55. The van der Waals surface area contributed by atoms with Gasteiger partial charge in [0.25, 0.3) is 0 Å². The quantitative estimate of drug-likeness (QED) is 0.743. The fourth-order valence-electron chi connectivity index (χ4n) is 1.61. The molecule has 1 rings (SSSR count). The Bertz CT molecular complexity index is 502. The van der Waals surface area contributed by atoms with Crippen LogP contribution in [0.2, 0.25) is 0 Å². The Morgan fingerprint density at radius 3 is 2.30 bits per heavy atom. The Labute approximate surface area is 112 Å². The molecule has 0 fully saturated rings. The second-order valence-electron chi connectivity index (χ2n) is 4.02. The van der Waals surface area contributed by atoms with Crippen LogP contribution in [-0.4, -0.2) is 28.2 Å². The van der Waals surface area contributed by atoms with Crippen LogP contribution >= 0.6 is 0 Å². The van der Waals surface area contributed by atoms with Crippen molar-refractivity contribution in [1.29, 1.82) is 0 Å². The highest BCUT2D eigenvalue weighted by Gasteiger charge is 2.33. The van der Waals surface area contributed by atoms with Crippen molar-refractivity contribution in [3.05, 3.63) is 35.4 Å². The van der Waals surface area contributed by atoms with Crippen LogP contribution in [0.4, 0.5) is 13.2 Å². The first kappa shape index (κ1) is 16.0. The Morgan fingerprint density at radius 2 is 1.80 bits per heavy atom. The topological polar surface area (TPSA) is 86.6 Å². The van der Waals surface area contributed by atoms with Gasteiger partial charge in [-0.3, -0.25) is 14.9 Å². The lowest BCUT2D eigenvalue weighted by Crippen LogP contribution is -2.38. The largest absolute Gasteiger partial charge is 0.481 e. The Morgan fingerprint density at radius 1 is 1.20 bits per heavy atom. The molecule has 0 radical (unpaired) electrons. The maximum atomic E-state index is 12.7. The molecule has 20 heavy (non-hydrogen) atoms. The van der Waals surface area contributed by atoms with Crippen LogP contribution in [0.1, 0.15) is 17.5 Å². The molecule has 0 aliphatic heterocycles. The number of carbonyl (C=O) groups is 2. The van der Waals surface area contributed by atoms with Crippen LogP contribution in [0.3, 0.4) is 0 Å². The monoisotopic (exact) mass is 291 g/mol. The summed E-state index contributed by atoms with van der Waals surface area (Å²) in [6.07, 6.45) is -5.27. The average Bonchev–Trinajstić information content (AvgIpc) is 2.33. The third kappa shape index (κ3) is 4.54. The number of rotatable bonds is 6. The summed E-state index contributed by atoms with van der Waals surface area (Å²) in [5, 5.41) is 19.6. The molecule has 0 saturated carbocycles. The van der Waals surface area contributed by atoms with Crippen molar-refractivity contribution in [2.24, 2.45) is 0 Å². The number of halogens is 3. The molecule has 110 valence electrons. The van der Waals surface area contributed by atoms with Gasteiger partial charge in [-0.05, 0) is 11.6 Å². The Hall–Kier alpha value is -2.09. The van der Waals surface area contributed by atoms with Crippen molar-refractivity contribution in [1.82, 2.24) is 5.32 Å². The number of carboxylic acids is 2. The molecule has 0 saturated heterocycles. The maximum absolute atomic E-state index is 12.7. The zero-order valence-corrected chi connectivity index (χ0v) is 10.1. The smallest absolute Gasteiger partial charge is 0.416 e. The van der Waals surface area contributed by atoms with E-state index in [2.05, 4.69) is 5.32 Å². The lowest BCUT2D eigenvalue weighted by Gasteiger charge is -2.16. The molecule has 0 heterocycles. The highest BCUT2D eigenvalue weighted by molar-refractivity contribution is 5.80. The third-order valence-electron chi connectivity index (χ3n) is 2.54. The van der Waals surface area contributed by atoms with Gasteiger partial charge in [-0.2, -0.15) is 13.2 Å². The average molecular weight is 291 g/mol. The van der Waals surface area contributed by atoms with Crippen molar-refractivity contribution >= 4 is 11.9 Å². The number of hydrogen-bond donors (Lipinski definition) is 3. The number of benzene rings is 1. The lowest BCUT2D eigenvalue weighted by molar-refractivity contribution is -0.146. The normalized spacial score (nSPS) is 12.9. The summed E-state index contributed by atoms with van der Waals surface area (Å²) in [6, 6.07) is 3.24. The first-order valence-electron chi connectivity index (χ1n) is 5.55. The minimum absolute atomic E-state index is 0.142. The third-order valence-corrected chi connectivity index (χ3v) is 2.54. The zero-order chi connectivity index (χ0) is 15.3. The van der Waals surface area contributed by atoms with E-state index in [1.165, 1.54) is 18.2 Å². The fraction of sp³-hybridized carbons (Fsp3) is 0.333. The predicted octanol–water partition coefficient (Wildman–Crippen LogP) is 1.72. The van der Waals surface area contributed by atoms with Crippen molar-refractivity contribution < 1.29 is 33.0 Å². The van der Waals surface area contributed by atoms with Crippen LogP contribution in [0, 0.1) is 0 Å². The van der Waals surface area contributed by atoms with E-state index in [1.54, 1.807) is 0 Å². The molecule has 0 aliphatic rings. The van der Waals surface area contributed by atoms with Gasteiger partial charge in [-0.25, -0.2) is 0 Å². The second kappa shape index (κ2) is 6.38. The summed E-state index contributed by atoms with van der Waals surface area (Å²) >= 11 is 0. The molecule has 0 aliphatic carbocycles. The SMILES string of the molecule is O=C(O)CC(NCc1ccccc1C(F)(F)F)C(=O)O. The highest BCUT2D eigenvalue weighted by Crippen LogP contribution is 2.31. The van der Waals surface area contributed by atoms with E-state index < -0.39 is 36.1 Å². The fourth-order valence-corrected chi connectivity index (χ4v) is 1.61. The zero-order valence-electron chi connectivity index (χ0n) is 10.1. The van der Waals surface area contributed by atoms with Crippen molar-refractivity contribution in [3.8, 4) is 0 Å². The summed E-state index contributed by atoms with van der Waals surface area (Å²) < 4.78 is 38.1. The molecule has 0 aromatic heterocycles. The van der Waals surface area contributed by atoms with Gasteiger partial charge in [0, 0.05) is 6.54 Å². The summed E-state index contributed by atoms with van der Waals surface area (Å²) in [5.41, 5.74) is -1.02. The van der Waals surface area contributed by atoms with Gasteiger partial charge >= 0.3 is 18.1 Å². The molecule has 1 atom stereocenters. The Balaban J connectivity index is 2.83. The van der Waals surface area contributed by atoms with Gasteiger partial charge < -0.3 is 10.2 Å². The van der Waals surface area contributed by atoms with E-state index in [9.17, 15) is 22.8 Å². The molecule has 1 aromatic rings. The first-order chi connectivity index (χ1) is 9.21. The molecule has 1 unspecified atom stereocenters. The Kier molecular flexibility index (Phi) is 5.09. The van der Waals surface area contributed by atoms with Gasteiger partial charge in [0.05, 0.1) is 12.0 Å². The van der Waals surface area contributed by atoms with Gasteiger partial charge in [0.1, 0.15) is 6.04 Å². The van der Waals surface area contributed by atoms with Crippen molar-refractivity contribution in [3.63, 3.8) is 0 Å². The van der Waals surface area contributed by atoms with E-state index in [0.29, 0.717) is 0 Å². The molecule has 5 nitrogen and oxygen atoms in total. The maximum Gasteiger partial charge on any atom is 0.416 e. The standard InChI is InChI=1S/C12H12F3NO4/c13-12(14,15)8-4-2-1-3-7(8)6-16-9(11(19)20)5-10(17)18/h1-4,9,16H,5-6H2,(H,17,18)(H,19,20). The van der Waals surface area contributed by atoms with Crippen molar-refractivity contribution in [2.75, 3.05) is 0 Å². The van der Waals surface area contributed by atoms with Crippen LogP contribution in [0.5, 0.6) is 0 Å². The second-order valence-corrected chi connectivity index (χ2v) is 4.02. The number of hydrogen-bond acceptors (Lipinski definition) is 3. The van der Waals surface area contributed by atoms with Crippen LogP contribution in [0.25, 0.3) is 0 Å². The molecule has 1 aromatic carbocycles. The van der Waals surface area contributed by atoms with E-state index in [4.69, 9.17) is 10.2 Å². The predicted molar refractivity (Wildman–Crippen MR) is 62.0 cm³/mol. The number of carboxylic acid groups (broad SMARTS) is 2. The minimum Gasteiger partial charge on any atom is -0.481 e. The van der Waals surface area contributed by atoms with Gasteiger partial charge in [0.15, 0.2) is 0 Å². The molecule has 0 amide bonds. The van der Waals surface area contributed by atoms with E-state index in [1.807, 2.05) is 0 Å². The van der Waals surface area contributed by atoms with Gasteiger partial charge in [0.2, 0.25) is 0 Å². The van der Waals surface area contributed by atoms with Gasteiger partial charge in [-0.1, -0.05) is 18.2 Å². The molecule has 0 bridgehead atoms. The molecule has 3 N–H and O–H groups in total. The summed E-state index contributed by atoms with van der Waals surface area (Å²) in [7, 11) is 0. The highest BCUT2D eigenvalue weighted by atomic mass is 19.4. The first-order valence-corrected chi connectivity index (χ1v) is 5.55. The summed E-state index contributed by atoms with van der Waals surface area (Å²) in [4.78, 5) is 21.3. The number of alkyl halides is 3. The molecular formula is C12H12F3NO4. The summed E-state index contributed by atoms with van der Waals surface area (Å²) in [6.45, 7) is -0.389. The van der Waals surface area contributed by atoms with E-state index in [0.717, 1.165) is 6.07 Å². The van der Waals surface area contributed by atoms with E-state index in [-0.39, 0.29) is 12.1 Å². The molecule has 0 spiro atoms. The molecular weight excluding hydrogens is 279 g/mol. The van der Waals surface area contributed by atoms with Crippen LogP contribution in [-0.2, 0) is 22.3 Å². The number of aliphatic carboxylic acids is 2.